The molecule has 10 aliphatic rings. The number of hydrogen-bond donors (Lipinski definition) is 4. The molecule has 14 aromatic rings. The highest BCUT2D eigenvalue weighted by atomic mass is 16.1. The van der Waals surface area contributed by atoms with Gasteiger partial charge in [0.15, 0.2) is 23.1 Å². The van der Waals surface area contributed by atoms with Gasteiger partial charge in [0.1, 0.15) is 21.6 Å². The number of benzene rings is 14. The molecule has 14 aromatic carbocycles. The molecule has 4 atom stereocenters. The molecular weight excluding hydrogens is 1600 g/mol. The lowest BCUT2D eigenvalue weighted by molar-refractivity contribution is -0.118. The zero-order chi connectivity index (χ0) is 89.7. The van der Waals surface area contributed by atoms with E-state index in [0.29, 0.717) is 25.7 Å². The molecule has 0 spiro atoms. The zero-order valence-electron chi connectivity index (χ0n) is 75.0. The van der Waals surface area contributed by atoms with Crippen LogP contribution >= 0.6 is 0 Å². The number of ketones is 4. The highest BCUT2D eigenvalue weighted by molar-refractivity contribution is 6.18. The maximum atomic E-state index is 13.7. The third-order valence-electron chi connectivity index (χ3n) is 28.1. The molecule has 24 rings (SSSR count). The number of fused-ring (bicyclic) bond motifs is 18. The maximum Gasteiger partial charge on any atom is 0.296 e. The Bertz CT molecular complexity index is 7540. The molecule has 640 valence electrons. The smallest absolute Gasteiger partial charge is 0.296 e. The van der Waals surface area contributed by atoms with Crippen molar-refractivity contribution in [3.63, 3.8) is 0 Å². The zero-order valence-corrected chi connectivity index (χ0v) is 75.0. The molecule has 0 saturated heterocycles. The van der Waals surface area contributed by atoms with Crippen LogP contribution in [0, 0.1) is 21.7 Å². The Labute approximate surface area is 756 Å². The third kappa shape index (κ3) is 15.0. The van der Waals surface area contributed by atoms with E-state index in [1.165, 1.54) is 109 Å². The van der Waals surface area contributed by atoms with Gasteiger partial charge in [-0.1, -0.05) is 250 Å². The largest absolute Gasteiger partial charge is 0.373 e. The maximum absolute atomic E-state index is 13.7. The van der Waals surface area contributed by atoms with Gasteiger partial charge in [0.2, 0.25) is 11.3 Å². The highest BCUT2D eigenvalue weighted by Gasteiger charge is 2.47. The minimum atomic E-state index is -0.401. The van der Waals surface area contributed by atoms with Gasteiger partial charge in [0.25, 0.3) is 13.4 Å². The summed E-state index contributed by atoms with van der Waals surface area (Å²) in [6.07, 6.45) is 5.83. The van der Waals surface area contributed by atoms with Crippen molar-refractivity contribution in [2.24, 2.45) is 52.3 Å². The van der Waals surface area contributed by atoms with Gasteiger partial charge < -0.3 is 21.3 Å². The lowest BCUT2D eigenvalue weighted by Gasteiger charge is -2.40. The molecule has 6 heterocycles. The number of carbonyl (C=O) groups excluding carboxylic acids is 4. The van der Waals surface area contributed by atoms with Crippen LogP contribution in [-0.2, 0) is 30.5 Å². The first kappa shape index (κ1) is 82.4. The van der Waals surface area contributed by atoms with Gasteiger partial charge in [-0.2, -0.15) is 20.5 Å². The first-order chi connectivity index (χ1) is 62.6. The van der Waals surface area contributed by atoms with Gasteiger partial charge in [0, 0.05) is 114 Å². The van der Waals surface area contributed by atoms with Crippen molar-refractivity contribution in [3.8, 4) is 0 Å². The van der Waals surface area contributed by atoms with Gasteiger partial charge in [-0.15, -0.1) is 0 Å². The van der Waals surface area contributed by atoms with E-state index in [0.717, 1.165) is 115 Å². The molecule has 0 aromatic heterocycles. The predicted octanol–water partition coefficient (Wildman–Crippen LogP) is 28.2. The lowest BCUT2D eigenvalue weighted by atomic mass is 9.67. The van der Waals surface area contributed by atoms with E-state index >= 15 is 0 Å². The average molecular weight is 1700 g/mol. The second-order valence-electron chi connectivity index (χ2n) is 40.2. The van der Waals surface area contributed by atoms with Crippen LogP contribution in [-0.4, -0.2) is 46.1 Å². The fourth-order valence-corrected chi connectivity index (χ4v) is 21.8. The summed E-state index contributed by atoms with van der Waals surface area (Å²) in [5, 5.41) is 54.0. The summed E-state index contributed by atoms with van der Waals surface area (Å²) in [5.74, 6) is 0.971. The average Bonchev–Trinajstić information content (AvgIpc) is 0.929. The van der Waals surface area contributed by atoms with Gasteiger partial charge in [0.05, 0.1) is 24.2 Å². The van der Waals surface area contributed by atoms with Crippen molar-refractivity contribution >= 4 is 158 Å². The normalized spacial score (nSPS) is 20.6. The molecular formula is C114H102N12O4+2. The first-order valence-electron chi connectivity index (χ1n) is 45.3. The Morgan fingerprint density at radius 3 is 0.800 bits per heavy atom. The van der Waals surface area contributed by atoms with Gasteiger partial charge >= 0.3 is 0 Å². The Kier molecular flexibility index (Phi) is 19.7. The number of rotatable bonds is 8. The number of nitrogens with one attached hydrogen (secondary N) is 4. The summed E-state index contributed by atoms with van der Waals surface area (Å²) in [5.41, 5.74) is 24.5. The molecule has 0 amide bonds. The number of allylic oxidation sites excluding steroid dienone is 4. The van der Waals surface area contributed by atoms with E-state index in [2.05, 4.69) is 349 Å². The monoisotopic (exact) mass is 1700 g/mol. The Morgan fingerprint density at radius 1 is 0.277 bits per heavy atom. The van der Waals surface area contributed by atoms with Crippen molar-refractivity contribution in [2.75, 3.05) is 21.3 Å². The Balaban J connectivity index is 0.000000105. The molecule has 0 radical (unpaired) electrons. The van der Waals surface area contributed by atoms with E-state index in [1.807, 2.05) is 62.4 Å². The molecule has 130 heavy (non-hydrogen) atoms. The van der Waals surface area contributed by atoms with Crippen LogP contribution in [0.4, 0.5) is 34.1 Å². The Morgan fingerprint density at radius 2 is 0.523 bits per heavy atom. The number of hydrogen-bond acceptors (Lipinski definition) is 14. The SMILES string of the molecule is C=[N+]=Nc1ccc(C2Nc3ccc4cc5ccccc5cc4c3C3=C2C(=O)CC(C)(C)C3)cc1.C=[N+]=Nc1ccc(C2Nc3ccc4ccccc4c3C3=C2C(=O)CC(C)(C)C3)cc1.CC1(C)CC(=O)C2=C(C1)c1c(ccc3cc4ccccc4cc13)NC2c1ccc(C2(C)N=N2)cc1.CC1(C)CC(=O)C2=C(C1)c1c(ccc3ccccc13)NC2c1ccc(C2(C)N=N2)cc1. The second kappa shape index (κ2) is 31.1. The van der Waals surface area contributed by atoms with Crippen LogP contribution in [0.3, 0.4) is 0 Å². The fraction of sp³-hybridized carbons (Fsp3) is 0.246. The fourth-order valence-electron chi connectivity index (χ4n) is 21.8. The minimum Gasteiger partial charge on any atom is -0.373 e. The third-order valence-corrected chi connectivity index (χ3v) is 28.1. The summed E-state index contributed by atoms with van der Waals surface area (Å²) in [4.78, 5) is 61.4. The van der Waals surface area contributed by atoms with Crippen LogP contribution in [0.25, 0.3) is 86.9 Å². The molecule has 16 nitrogen and oxygen atoms in total. The summed E-state index contributed by atoms with van der Waals surface area (Å²) >= 11 is 0. The van der Waals surface area contributed by atoms with Gasteiger partial charge in [-0.05, 0) is 243 Å². The molecule has 0 bridgehead atoms. The van der Waals surface area contributed by atoms with E-state index < -0.39 is 5.66 Å². The van der Waals surface area contributed by atoms with Gasteiger partial charge in [-0.3, -0.25) is 19.2 Å². The molecule has 4 aliphatic carbocycles. The summed E-state index contributed by atoms with van der Waals surface area (Å²) in [6.45, 7) is 28.5. The number of carbonyl (C=O) groups is 4. The van der Waals surface area contributed by atoms with Crippen molar-refractivity contribution in [1.82, 2.24) is 0 Å². The molecule has 16 heteroatoms. The molecule has 0 saturated carbocycles. The van der Waals surface area contributed by atoms with Crippen LogP contribution in [0.1, 0.15) is 200 Å². The summed E-state index contributed by atoms with van der Waals surface area (Å²) in [6, 6.07) is 92.3. The van der Waals surface area contributed by atoms with Crippen molar-refractivity contribution < 1.29 is 28.8 Å². The minimum absolute atomic E-state index is 0.0422. The topological polar surface area (TPSA) is 219 Å². The van der Waals surface area contributed by atoms with E-state index in [9.17, 15) is 19.2 Å². The van der Waals surface area contributed by atoms with Gasteiger partial charge in [-0.25, -0.2) is 0 Å². The number of Topliss-reactive ketones (excluding diaryl/α,β-unsaturated/α-hetero) is 4. The predicted molar refractivity (Wildman–Crippen MR) is 525 cm³/mol. The standard InChI is InChI=1S/C31H27N3O.C30H25N3O.C27H25N3O.C26H23N3O/c1-30(2)16-24-27-23-15-20-7-5-4-6-19(20)14-21(23)10-13-25(27)32-29(28(24)26(35)17-30)18-8-11-22(12-9-18)31(3)33-34-31;1-30(2)16-24-27-23-15-20-7-5-4-6-19(20)14-21(23)10-13-25(27)32-29(28(24)26(34)17-30)18-8-11-22(12-9-18)33-31-3;1-26(2)14-20-23-19-7-5-4-6-16(19)10-13-21(23)28-25(24(20)22(31)15-26)17-8-11-18(12-9-17)27(3)29-30-27;1-26(2)14-20-23-19-7-5-4-6-16(19)10-13-21(23)28-25(24(20)22(30)15-26)17-8-11-18(12-9-17)29-27-3/h4-15,29,32H,16-17H2,1-3H3;4-15,29H,3,16-17H2,1-2H3;4-13,25,28H,14-15H2,1-3H3;4-13,25H,3,14-15H2,1-2H3/p+2. The van der Waals surface area contributed by atoms with Crippen LogP contribution < -0.4 is 21.3 Å². The summed E-state index contributed by atoms with van der Waals surface area (Å²) in [7, 11) is 0. The van der Waals surface area contributed by atoms with Crippen molar-refractivity contribution in [2.45, 2.75) is 156 Å². The quantitative estimate of drug-likeness (QED) is 0.0495. The lowest BCUT2D eigenvalue weighted by Crippen LogP contribution is -2.33. The van der Waals surface area contributed by atoms with Crippen LogP contribution in [0.15, 0.2) is 320 Å². The van der Waals surface area contributed by atoms with E-state index in [-0.39, 0.29) is 74.6 Å². The molecule has 0 fully saturated rings. The Hall–Kier alpha value is -14.6. The highest BCUT2D eigenvalue weighted by Crippen LogP contribution is 2.59. The van der Waals surface area contributed by atoms with E-state index in [4.69, 9.17) is 0 Å². The molecule has 4 N–H and O–H groups in total. The van der Waals surface area contributed by atoms with Crippen molar-refractivity contribution in [1.29, 1.82) is 0 Å². The van der Waals surface area contributed by atoms with E-state index in [1.54, 1.807) is 0 Å². The molecule has 6 aliphatic heterocycles. The number of nitrogens with zero attached hydrogens (tertiary/aromatic N) is 8. The van der Waals surface area contributed by atoms with Crippen LogP contribution in [0.5, 0.6) is 0 Å². The number of anilines is 4. The van der Waals surface area contributed by atoms with Crippen molar-refractivity contribution in [3.05, 3.63) is 345 Å². The summed E-state index contributed by atoms with van der Waals surface area (Å²) < 4.78 is 0. The molecule has 4 unspecified atom stereocenters. The first-order valence-corrected chi connectivity index (χ1v) is 45.3. The van der Waals surface area contributed by atoms with Crippen LogP contribution in [0.2, 0.25) is 0 Å². The second-order valence-corrected chi connectivity index (χ2v) is 40.2.